The Morgan fingerprint density at radius 3 is 2.15 bits per heavy atom. The fraction of sp³-hybridized carbons (Fsp3) is 0.423. The van der Waals surface area contributed by atoms with E-state index in [1.54, 1.807) is 0 Å². The normalized spacial score (nSPS) is 17.0. The number of aliphatic carboxylic acids is 1. The van der Waals surface area contributed by atoms with Crippen molar-refractivity contribution in [3.63, 3.8) is 0 Å². The molecule has 2 aliphatic carbocycles. The molecule has 2 aliphatic rings. The SMILES string of the molecule is C[C@@H](C(=O)O)N(C)C(=O)CC1(NC(=O)OCC2c3ccccc3-c3ccccc32)CCCC1. The number of carboxylic acids is 1. The molecule has 0 unspecified atom stereocenters. The standard InChI is InChI=1S/C26H30N2O5/c1-17(24(30)31)28(2)23(29)15-26(13-7-8-14-26)27-25(32)33-16-22-20-11-5-3-9-18(20)19-10-4-6-12-21(19)22/h3-6,9-12,17,22H,7-8,13-16H2,1-2H3,(H,27,32)(H,30,31)/t17-/m0/s1. The van der Waals surface area contributed by atoms with E-state index in [1.807, 2.05) is 24.3 Å². The van der Waals surface area contributed by atoms with Crippen molar-refractivity contribution >= 4 is 18.0 Å². The van der Waals surface area contributed by atoms with Gasteiger partial charge in [0.1, 0.15) is 12.6 Å². The van der Waals surface area contributed by atoms with Crippen LogP contribution in [-0.4, -0.2) is 53.2 Å². The van der Waals surface area contributed by atoms with Crippen molar-refractivity contribution in [2.75, 3.05) is 13.7 Å². The summed E-state index contributed by atoms with van der Waals surface area (Å²) in [5.74, 6) is -1.39. The summed E-state index contributed by atoms with van der Waals surface area (Å²) in [5.41, 5.74) is 3.90. The minimum Gasteiger partial charge on any atom is -0.480 e. The Kier molecular flexibility index (Phi) is 6.40. The topological polar surface area (TPSA) is 95.9 Å². The van der Waals surface area contributed by atoms with Crippen LogP contribution in [0.4, 0.5) is 4.79 Å². The maximum atomic E-state index is 12.8. The molecule has 0 spiro atoms. The van der Waals surface area contributed by atoms with Gasteiger partial charge in [-0.25, -0.2) is 9.59 Å². The average Bonchev–Trinajstić information content (AvgIpc) is 3.39. The molecule has 0 aromatic heterocycles. The number of amides is 2. The summed E-state index contributed by atoms with van der Waals surface area (Å²) >= 11 is 0. The molecule has 174 valence electrons. The molecule has 0 saturated heterocycles. The molecule has 0 heterocycles. The van der Waals surface area contributed by atoms with Crippen molar-refractivity contribution in [1.82, 2.24) is 10.2 Å². The number of rotatable bonds is 7. The van der Waals surface area contributed by atoms with Crippen LogP contribution in [0, 0.1) is 0 Å². The highest BCUT2D eigenvalue weighted by Crippen LogP contribution is 2.44. The van der Waals surface area contributed by atoms with Gasteiger partial charge in [0.05, 0.1) is 12.0 Å². The highest BCUT2D eigenvalue weighted by atomic mass is 16.5. The van der Waals surface area contributed by atoms with Gasteiger partial charge in [-0.05, 0) is 42.0 Å². The lowest BCUT2D eigenvalue weighted by Gasteiger charge is -2.32. The minimum atomic E-state index is -1.06. The van der Waals surface area contributed by atoms with Gasteiger partial charge in [-0.2, -0.15) is 0 Å². The number of hydrogen-bond donors (Lipinski definition) is 2. The van der Waals surface area contributed by atoms with E-state index in [2.05, 4.69) is 29.6 Å². The number of carbonyl (C=O) groups is 3. The first-order chi connectivity index (χ1) is 15.8. The first-order valence-electron chi connectivity index (χ1n) is 11.4. The molecule has 1 atom stereocenters. The predicted molar refractivity (Wildman–Crippen MR) is 124 cm³/mol. The lowest BCUT2D eigenvalue weighted by Crippen LogP contribution is -2.51. The zero-order chi connectivity index (χ0) is 23.6. The number of ether oxygens (including phenoxy) is 1. The molecule has 33 heavy (non-hydrogen) atoms. The van der Waals surface area contributed by atoms with Crippen LogP contribution in [0.15, 0.2) is 48.5 Å². The molecule has 1 saturated carbocycles. The van der Waals surface area contributed by atoms with E-state index in [4.69, 9.17) is 4.74 Å². The van der Waals surface area contributed by atoms with Crippen molar-refractivity contribution < 1.29 is 24.2 Å². The summed E-state index contributed by atoms with van der Waals surface area (Å²) in [4.78, 5) is 38.0. The first-order valence-corrected chi connectivity index (χ1v) is 11.4. The van der Waals surface area contributed by atoms with E-state index >= 15 is 0 Å². The van der Waals surface area contributed by atoms with E-state index in [0.717, 1.165) is 35.1 Å². The van der Waals surface area contributed by atoms with E-state index in [9.17, 15) is 19.5 Å². The van der Waals surface area contributed by atoms with Crippen LogP contribution in [0.3, 0.4) is 0 Å². The lowest BCUT2D eigenvalue weighted by molar-refractivity contribution is -0.148. The highest BCUT2D eigenvalue weighted by Gasteiger charge is 2.40. The van der Waals surface area contributed by atoms with E-state index < -0.39 is 23.6 Å². The molecule has 0 radical (unpaired) electrons. The lowest BCUT2D eigenvalue weighted by atomic mass is 9.92. The van der Waals surface area contributed by atoms with Gasteiger partial charge in [-0.1, -0.05) is 61.4 Å². The van der Waals surface area contributed by atoms with E-state index in [1.165, 1.54) is 18.9 Å². The maximum Gasteiger partial charge on any atom is 0.407 e. The van der Waals surface area contributed by atoms with Crippen LogP contribution in [0.25, 0.3) is 11.1 Å². The van der Waals surface area contributed by atoms with Gasteiger partial charge < -0.3 is 20.1 Å². The Labute approximate surface area is 193 Å². The second-order valence-corrected chi connectivity index (χ2v) is 9.13. The van der Waals surface area contributed by atoms with Crippen LogP contribution in [0.5, 0.6) is 0 Å². The maximum absolute atomic E-state index is 12.8. The van der Waals surface area contributed by atoms with Crippen LogP contribution in [-0.2, 0) is 14.3 Å². The fourth-order valence-electron chi connectivity index (χ4n) is 5.04. The number of benzene rings is 2. The molecule has 2 amide bonds. The zero-order valence-corrected chi connectivity index (χ0v) is 19.0. The molecule has 2 aromatic rings. The third kappa shape index (κ3) is 4.58. The van der Waals surface area contributed by atoms with Crippen molar-refractivity contribution in [3.8, 4) is 11.1 Å². The number of hydrogen-bond acceptors (Lipinski definition) is 4. The summed E-state index contributed by atoms with van der Waals surface area (Å²) in [7, 11) is 1.48. The Bertz CT molecular complexity index is 1010. The smallest absolute Gasteiger partial charge is 0.407 e. The Morgan fingerprint density at radius 2 is 1.61 bits per heavy atom. The molecule has 0 aliphatic heterocycles. The van der Waals surface area contributed by atoms with E-state index in [-0.39, 0.29) is 24.9 Å². The summed E-state index contributed by atoms with van der Waals surface area (Å²) in [6.07, 6.45) is 2.65. The Hall–Kier alpha value is -3.35. The number of nitrogens with one attached hydrogen (secondary N) is 1. The fourth-order valence-corrected chi connectivity index (χ4v) is 5.04. The number of carbonyl (C=O) groups excluding carboxylic acids is 2. The molecule has 4 rings (SSSR count). The van der Waals surface area contributed by atoms with Gasteiger partial charge in [-0.3, -0.25) is 4.79 Å². The molecule has 0 bridgehead atoms. The van der Waals surface area contributed by atoms with Crippen LogP contribution in [0.2, 0.25) is 0 Å². The first kappa shape index (κ1) is 22.8. The quantitative estimate of drug-likeness (QED) is 0.660. The largest absolute Gasteiger partial charge is 0.480 e. The second kappa shape index (κ2) is 9.25. The molecule has 1 fully saturated rings. The van der Waals surface area contributed by atoms with Crippen LogP contribution in [0.1, 0.15) is 56.1 Å². The molecule has 2 N–H and O–H groups in total. The Balaban J connectivity index is 1.42. The van der Waals surface area contributed by atoms with Gasteiger partial charge >= 0.3 is 12.1 Å². The van der Waals surface area contributed by atoms with Crippen molar-refractivity contribution in [2.24, 2.45) is 0 Å². The Morgan fingerprint density at radius 1 is 1.06 bits per heavy atom. The number of fused-ring (bicyclic) bond motifs is 3. The third-order valence-corrected chi connectivity index (χ3v) is 7.09. The summed E-state index contributed by atoms with van der Waals surface area (Å²) < 4.78 is 5.69. The van der Waals surface area contributed by atoms with Crippen LogP contribution >= 0.6 is 0 Å². The molecule has 7 heteroatoms. The monoisotopic (exact) mass is 450 g/mol. The van der Waals surface area contributed by atoms with Gasteiger partial charge in [0.2, 0.25) is 5.91 Å². The second-order valence-electron chi connectivity index (χ2n) is 9.13. The zero-order valence-electron chi connectivity index (χ0n) is 19.0. The van der Waals surface area contributed by atoms with Gasteiger partial charge in [0, 0.05) is 13.0 Å². The summed E-state index contributed by atoms with van der Waals surface area (Å²) in [6.45, 7) is 1.68. The van der Waals surface area contributed by atoms with Crippen molar-refractivity contribution in [2.45, 2.75) is 56.5 Å². The van der Waals surface area contributed by atoms with Gasteiger partial charge in [0.25, 0.3) is 0 Å². The third-order valence-electron chi connectivity index (χ3n) is 7.09. The van der Waals surface area contributed by atoms with Crippen molar-refractivity contribution in [3.05, 3.63) is 59.7 Å². The predicted octanol–water partition coefficient (Wildman–Crippen LogP) is 4.16. The molecular weight excluding hydrogens is 420 g/mol. The number of nitrogens with zero attached hydrogens (tertiary/aromatic N) is 1. The molecule has 2 aromatic carbocycles. The minimum absolute atomic E-state index is 0.0353. The van der Waals surface area contributed by atoms with E-state index in [0.29, 0.717) is 12.8 Å². The summed E-state index contributed by atoms with van der Waals surface area (Å²) in [5, 5.41) is 12.2. The number of alkyl carbamates (subject to hydrolysis) is 1. The van der Waals surface area contributed by atoms with Crippen LogP contribution < -0.4 is 5.32 Å². The highest BCUT2D eigenvalue weighted by molar-refractivity contribution is 5.84. The van der Waals surface area contributed by atoms with Crippen molar-refractivity contribution in [1.29, 1.82) is 0 Å². The molecule has 7 nitrogen and oxygen atoms in total. The summed E-state index contributed by atoms with van der Waals surface area (Å²) in [6, 6.07) is 15.4. The average molecular weight is 451 g/mol. The van der Waals surface area contributed by atoms with Gasteiger partial charge in [0.15, 0.2) is 0 Å². The molecular formula is C26H30N2O5. The van der Waals surface area contributed by atoms with Gasteiger partial charge in [-0.15, -0.1) is 0 Å². The number of carboxylic acid groups (broad SMARTS) is 1. The number of likely N-dealkylation sites (N-methyl/N-ethyl adjacent to an activating group) is 1.